The van der Waals surface area contributed by atoms with Crippen molar-refractivity contribution in [2.75, 3.05) is 26.7 Å². The van der Waals surface area contributed by atoms with Crippen LogP contribution in [0.1, 0.15) is 25.5 Å². The first-order chi connectivity index (χ1) is 16.1. The van der Waals surface area contributed by atoms with Gasteiger partial charge in [0.05, 0.1) is 22.5 Å². The van der Waals surface area contributed by atoms with Gasteiger partial charge in [-0.3, -0.25) is 0 Å². The van der Waals surface area contributed by atoms with Crippen LogP contribution in [0.15, 0.2) is 48.0 Å². The van der Waals surface area contributed by atoms with E-state index in [0.29, 0.717) is 6.61 Å². The molecule has 1 saturated heterocycles. The Morgan fingerprint density at radius 1 is 1.09 bits per heavy atom. The molecule has 1 aliphatic rings. The molecule has 0 atom stereocenters. The van der Waals surface area contributed by atoms with Crippen molar-refractivity contribution in [1.82, 2.24) is 19.0 Å². The van der Waals surface area contributed by atoms with Crippen LogP contribution in [0.4, 0.5) is 0 Å². The van der Waals surface area contributed by atoms with Crippen LogP contribution in [0.5, 0.6) is 11.5 Å². The number of aryl methyl sites for hydroxylation is 2. The van der Waals surface area contributed by atoms with Crippen molar-refractivity contribution < 1.29 is 9.47 Å². The van der Waals surface area contributed by atoms with Crippen molar-refractivity contribution in [1.29, 1.82) is 0 Å². The van der Waals surface area contributed by atoms with Gasteiger partial charge in [0.1, 0.15) is 24.2 Å². The summed E-state index contributed by atoms with van der Waals surface area (Å²) in [5.41, 5.74) is 3.61. The molecule has 0 saturated carbocycles. The van der Waals surface area contributed by atoms with Gasteiger partial charge in [-0.2, -0.15) is 0 Å². The summed E-state index contributed by atoms with van der Waals surface area (Å²) in [5.74, 6) is 2.74. The van der Waals surface area contributed by atoms with Crippen molar-refractivity contribution in [3.63, 3.8) is 0 Å². The number of aromatic nitrogens is 3. The van der Waals surface area contributed by atoms with E-state index in [9.17, 15) is 0 Å². The fourth-order valence-electron chi connectivity index (χ4n) is 4.60. The van der Waals surface area contributed by atoms with Crippen molar-refractivity contribution in [3.05, 3.63) is 53.7 Å². The average Bonchev–Trinajstić information content (AvgIpc) is 3.52. The fourth-order valence-corrected chi connectivity index (χ4v) is 5.45. The maximum absolute atomic E-state index is 6.22. The van der Waals surface area contributed by atoms with Crippen LogP contribution in [0.25, 0.3) is 21.7 Å². The van der Waals surface area contributed by atoms with E-state index in [2.05, 4.69) is 52.6 Å². The Hall–Kier alpha value is -2.77. The van der Waals surface area contributed by atoms with E-state index in [1.807, 2.05) is 30.5 Å². The van der Waals surface area contributed by atoms with E-state index in [-0.39, 0.29) is 6.10 Å². The number of imidazole rings is 1. The van der Waals surface area contributed by atoms with Gasteiger partial charge in [-0.25, -0.2) is 4.98 Å². The number of hydrogen-bond donors (Lipinski definition) is 0. The first kappa shape index (κ1) is 22.0. The second-order valence-electron chi connectivity index (χ2n) is 8.78. The number of ether oxygens (including phenoxy) is 2. The smallest absolute Gasteiger partial charge is 0.157 e. The molecule has 174 valence electrons. The Balaban J connectivity index is 1.26. The molecule has 0 N–H and O–H groups in total. The lowest BCUT2D eigenvalue weighted by molar-refractivity contribution is 0.114. The molecule has 1 fully saturated rings. The third-order valence-corrected chi connectivity index (χ3v) is 7.40. The number of benzene rings is 1. The van der Waals surface area contributed by atoms with Gasteiger partial charge >= 0.3 is 0 Å². The molecule has 3 aromatic heterocycles. The van der Waals surface area contributed by atoms with Crippen LogP contribution in [0, 0.1) is 0 Å². The second kappa shape index (κ2) is 9.61. The third kappa shape index (κ3) is 4.66. The molecule has 5 rings (SSSR count). The lowest BCUT2D eigenvalue weighted by Gasteiger charge is -2.29. The summed E-state index contributed by atoms with van der Waals surface area (Å²) in [4.78, 5) is 7.12. The molecule has 7 heteroatoms. The average molecular weight is 465 g/mol. The zero-order chi connectivity index (χ0) is 22.8. The summed E-state index contributed by atoms with van der Waals surface area (Å²) in [7, 11) is 4.28. The Kier molecular flexibility index (Phi) is 6.42. The van der Waals surface area contributed by atoms with E-state index in [0.717, 1.165) is 61.9 Å². The van der Waals surface area contributed by atoms with Gasteiger partial charge < -0.3 is 23.5 Å². The zero-order valence-corrected chi connectivity index (χ0v) is 20.5. The quantitative estimate of drug-likeness (QED) is 0.359. The van der Waals surface area contributed by atoms with Crippen LogP contribution in [0.2, 0.25) is 0 Å². The van der Waals surface area contributed by atoms with Gasteiger partial charge in [-0.15, -0.1) is 11.3 Å². The second-order valence-corrected chi connectivity index (χ2v) is 9.73. The molecular weight excluding hydrogens is 432 g/mol. The Labute approximate surface area is 199 Å². The summed E-state index contributed by atoms with van der Waals surface area (Å²) in [6, 6.07) is 12.5. The Bertz CT molecular complexity index is 1220. The normalized spacial score (nSPS) is 15.4. The Morgan fingerprint density at radius 2 is 1.91 bits per heavy atom. The standard InChI is InChI=1S/C26H32N4O2S/c1-4-19-18-27-26(24-17-25-23(29(24)3)10-15-33-25)30(19)13-14-31-21-6-5-7-22(16-21)32-20-8-11-28(2)12-9-20/h5-7,10,15-18,20H,4,8-9,11-14H2,1-3H3. The molecule has 33 heavy (non-hydrogen) atoms. The topological polar surface area (TPSA) is 44.5 Å². The first-order valence-corrected chi connectivity index (χ1v) is 12.7. The monoisotopic (exact) mass is 464 g/mol. The highest BCUT2D eigenvalue weighted by Crippen LogP contribution is 2.30. The highest BCUT2D eigenvalue weighted by molar-refractivity contribution is 7.17. The number of fused-ring (bicyclic) bond motifs is 1. The molecule has 0 amide bonds. The van der Waals surface area contributed by atoms with Gasteiger partial charge in [0.25, 0.3) is 0 Å². The predicted octanol–water partition coefficient (Wildman–Crippen LogP) is 5.22. The van der Waals surface area contributed by atoms with E-state index >= 15 is 0 Å². The molecule has 0 unspecified atom stereocenters. The zero-order valence-electron chi connectivity index (χ0n) is 19.7. The molecule has 0 bridgehead atoms. The minimum atomic E-state index is 0.289. The molecule has 1 aliphatic heterocycles. The summed E-state index contributed by atoms with van der Waals surface area (Å²) >= 11 is 1.77. The van der Waals surface area contributed by atoms with E-state index in [1.54, 1.807) is 11.3 Å². The van der Waals surface area contributed by atoms with Gasteiger partial charge in [-0.05, 0) is 56.0 Å². The van der Waals surface area contributed by atoms with Gasteiger partial charge in [0, 0.05) is 38.1 Å². The summed E-state index contributed by atoms with van der Waals surface area (Å²) < 4.78 is 18.2. The molecular formula is C26H32N4O2S. The van der Waals surface area contributed by atoms with Crippen molar-refractivity contribution in [3.8, 4) is 23.0 Å². The van der Waals surface area contributed by atoms with Crippen LogP contribution < -0.4 is 9.47 Å². The minimum Gasteiger partial charge on any atom is -0.492 e. The van der Waals surface area contributed by atoms with Gasteiger partial charge in [-0.1, -0.05) is 13.0 Å². The first-order valence-electron chi connectivity index (χ1n) is 11.8. The van der Waals surface area contributed by atoms with Crippen molar-refractivity contribution in [2.45, 2.75) is 38.8 Å². The molecule has 4 aromatic rings. The SMILES string of the molecule is CCc1cnc(-c2cc3sccc3n2C)n1CCOc1cccc(OC2CCN(C)CC2)c1. The largest absolute Gasteiger partial charge is 0.492 e. The molecule has 4 heterocycles. The number of nitrogens with zero attached hydrogens (tertiary/aromatic N) is 4. The number of thiophene rings is 1. The van der Waals surface area contributed by atoms with Crippen LogP contribution in [0.3, 0.4) is 0 Å². The van der Waals surface area contributed by atoms with Crippen LogP contribution in [-0.2, 0) is 20.0 Å². The number of hydrogen-bond acceptors (Lipinski definition) is 5. The predicted molar refractivity (Wildman–Crippen MR) is 134 cm³/mol. The van der Waals surface area contributed by atoms with E-state index in [1.165, 1.54) is 15.9 Å². The summed E-state index contributed by atoms with van der Waals surface area (Å²) in [6.07, 6.45) is 5.36. The lowest BCUT2D eigenvalue weighted by Crippen LogP contribution is -2.35. The number of piperidine rings is 1. The van der Waals surface area contributed by atoms with E-state index < -0.39 is 0 Å². The van der Waals surface area contributed by atoms with Gasteiger partial charge in [0.2, 0.25) is 0 Å². The molecule has 1 aromatic carbocycles. The molecule has 6 nitrogen and oxygen atoms in total. The molecule has 0 aliphatic carbocycles. The van der Waals surface area contributed by atoms with Crippen molar-refractivity contribution in [2.24, 2.45) is 7.05 Å². The van der Waals surface area contributed by atoms with Crippen molar-refractivity contribution >= 4 is 21.6 Å². The minimum absolute atomic E-state index is 0.289. The molecule has 0 radical (unpaired) electrons. The maximum atomic E-state index is 6.22. The highest BCUT2D eigenvalue weighted by atomic mass is 32.1. The van der Waals surface area contributed by atoms with Crippen LogP contribution >= 0.6 is 11.3 Å². The number of likely N-dealkylation sites (tertiary alicyclic amines) is 1. The van der Waals surface area contributed by atoms with Crippen LogP contribution in [-0.4, -0.2) is 51.9 Å². The van der Waals surface area contributed by atoms with Gasteiger partial charge in [0.15, 0.2) is 5.82 Å². The maximum Gasteiger partial charge on any atom is 0.157 e. The van der Waals surface area contributed by atoms with E-state index in [4.69, 9.17) is 14.5 Å². The summed E-state index contributed by atoms with van der Waals surface area (Å²) in [5, 5.41) is 2.14. The molecule has 0 spiro atoms. The Morgan fingerprint density at radius 3 is 2.70 bits per heavy atom. The fraction of sp³-hybridized carbons (Fsp3) is 0.423. The summed E-state index contributed by atoms with van der Waals surface area (Å²) in [6.45, 7) is 5.68. The number of rotatable bonds is 8. The third-order valence-electron chi connectivity index (χ3n) is 6.55. The highest BCUT2D eigenvalue weighted by Gasteiger charge is 2.19. The lowest BCUT2D eigenvalue weighted by atomic mass is 10.1.